The van der Waals surface area contributed by atoms with E-state index < -0.39 is 16.0 Å². The zero-order valence-corrected chi connectivity index (χ0v) is 13.4. The Morgan fingerprint density at radius 2 is 2.00 bits per heavy atom. The van der Waals surface area contributed by atoms with E-state index in [2.05, 4.69) is 20.8 Å². The van der Waals surface area contributed by atoms with E-state index in [1.165, 1.54) is 28.6 Å². The predicted molar refractivity (Wildman–Crippen MR) is 79.7 cm³/mol. The first-order valence-electron chi connectivity index (χ1n) is 6.96. The summed E-state index contributed by atoms with van der Waals surface area (Å²) in [4.78, 5) is 11.0. The topological polar surface area (TPSA) is 74.7 Å². The summed E-state index contributed by atoms with van der Waals surface area (Å²) in [6.07, 6.45) is 0.835. The van der Waals surface area contributed by atoms with Crippen molar-refractivity contribution in [3.8, 4) is 0 Å². The maximum Gasteiger partial charge on any atom is 0.335 e. The Kier molecular flexibility index (Phi) is 4.13. The number of rotatable bonds is 3. The molecular formula is C15H21NO4S. The Hall–Kier alpha value is -1.40. The van der Waals surface area contributed by atoms with Crippen molar-refractivity contribution < 1.29 is 18.3 Å². The zero-order valence-electron chi connectivity index (χ0n) is 12.5. The van der Waals surface area contributed by atoms with Gasteiger partial charge in [0.25, 0.3) is 0 Å². The van der Waals surface area contributed by atoms with Gasteiger partial charge in [-0.05, 0) is 36.0 Å². The van der Waals surface area contributed by atoms with Gasteiger partial charge in [0, 0.05) is 13.1 Å². The molecule has 1 aromatic carbocycles. The predicted octanol–water partition coefficient (Wildman–Crippen LogP) is 2.44. The summed E-state index contributed by atoms with van der Waals surface area (Å²) in [6.45, 7) is 7.31. The number of benzene rings is 1. The average Bonchev–Trinajstić information content (AvgIpc) is 2.89. The maximum atomic E-state index is 12.6. The first-order valence-corrected chi connectivity index (χ1v) is 8.40. The highest BCUT2D eigenvalue weighted by Crippen LogP contribution is 2.35. The molecule has 0 aromatic heterocycles. The van der Waals surface area contributed by atoms with Crippen LogP contribution >= 0.6 is 0 Å². The van der Waals surface area contributed by atoms with Crippen LogP contribution in [0.25, 0.3) is 0 Å². The minimum absolute atomic E-state index is 0.0114. The quantitative estimate of drug-likeness (QED) is 0.930. The number of carboxylic acids is 1. The van der Waals surface area contributed by atoms with Crippen LogP contribution in [0.2, 0.25) is 0 Å². The van der Waals surface area contributed by atoms with Crippen molar-refractivity contribution in [3.05, 3.63) is 29.8 Å². The minimum Gasteiger partial charge on any atom is -0.478 e. The van der Waals surface area contributed by atoms with Gasteiger partial charge in [-0.1, -0.05) is 26.8 Å². The maximum absolute atomic E-state index is 12.6. The largest absolute Gasteiger partial charge is 0.478 e. The number of hydrogen-bond donors (Lipinski definition) is 1. The van der Waals surface area contributed by atoms with Gasteiger partial charge in [-0.2, -0.15) is 4.31 Å². The van der Waals surface area contributed by atoms with Crippen LogP contribution in [0.1, 0.15) is 37.6 Å². The van der Waals surface area contributed by atoms with Crippen LogP contribution in [0.3, 0.4) is 0 Å². The molecule has 1 aliphatic heterocycles. The van der Waals surface area contributed by atoms with Gasteiger partial charge in [-0.3, -0.25) is 0 Å². The van der Waals surface area contributed by atoms with Gasteiger partial charge in [-0.25, -0.2) is 13.2 Å². The molecule has 1 heterocycles. The molecule has 0 saturated carbocycles. The van der Waals surface area contributed by atoms with E-state index >= 15 is 0 Å². The van der Waals surface area contributed by atoms with Crippen molar-refractivity contribution in [2.24, 2.45) is 11.3 Å². The van der Waals surface area contributed by atoms with Crippen molar-refractivity contribution in [2.45, 2.75) is 32.1 Å². The average molecular weight is 311 g/mol. The molecule has 1 unspecified atom stereocenters. The minimum atomic E-state index is -3.62. The van der Waals surface area contributed by atoms with E-state index in [4.69, 9.17) is 5.11 Å². The normalized spacial score (nSPS) is 20.6. The van der Waals surface area contributed by atoms with Gasteiger partial charge >= 0.3 is 5.97 Å². The van der Waals surface area contributed by atoms with Crippen LogP contribution in [0.15, 0.2) is 29.2 Å². The van der Waals surface area contributed by atoms with Gasteiger partial charge < -0.3 is 5.11 Å². The standard InChI is InChI=1S/C15H21NO4S/c1-15(2,3)12-7-8-16(10-12)21(19,20)13-6-4-5-11(9-13)14(17)18/h4-6,9,12H,7-8,10H2,1-3H3,(H,17,18). The molecule has 116 valence electrons. The number of carbonyl (C=O) groups is 1. The molecule has 1 atom stereocenters. The van der Waals surface area contributed by atoms with E-state index in [1.54, 1.807) is 0 Å². The summed E-state index contributed by atoms with van der Waals surface area (Å²) >= 11 is 0. The number of carboxylic acid groups (broad SMARTS) is 1. The molecule has 1 aliphatic rings. The smallest absolute Gasteiger partial charge is 0.335 e. The molecule has 1 N–H and O–H groups in total. The van der Waals surface area contributed by atoms with Crippen molar-refractivity contribution in [2.75, 3.05) is 13.1 Å². The summed E-state index contributed by atoms with van der Waals surface area (Å²) < 4.78 is 26.7. The van der Waals surface area contributed by atoms with Crippen molar-refractivity contribution >= 4 is 16.0 Å². The van der Waals surface area contributed by atoms with Crippen molar-refractivity contribution in [1.29, 1.82) is 0 Å². The van der Waals surface area contributed by atoms with E-state index in [0.29, 0.717) is 19.0 Å². The third kappa shape index (κ3) is 3.27. The molecule has 21 heavy (non-hydrogen) atoms. The summed E-state index contributed by atoms with van der Waals surface area (Å²) in [7, 11) is -3.62. The summed E-state index contributed by atoms with van der Waals surface area (Å²) in [5.41, 5.74) is 0.0512. The number of nitrogens with zero attached hydrogens (tertiary/aromatic N) is 1. The second-order valence-electron chi connectivity index (χ2n) is 6.55. The fourth-order valence-corrected chi connectivity index (χ4v) is 4.14. The number of hydrogen-bond acceptors (Lipinski definition) is 3. The van der Waals surface area contributed by atoms with Crippen LogP contribution in [0, 0.1) is 11.3 Å². The fourth-order valence-electron chi connectivity index (χ4n) is 2.59. The van der Waals surface area contributed by atoms with Gasteiger partial charge in [0.1, 0.15) is 0 Å². The Bertz CT molecular complexity index is 646. The Morgan fingerprint density at radius 3 is 2.52 bits per heavy atom. The van der Waals surface area contributed by atoms with Crippen molar-refractivity contribution in [1.82, 2.24) is 4.31 Å². The van der Waals surface area contributed by atoms with E-state index in [0.717, 1.165) is 6.42 Å². The molecule has 1 saturated heterocycles. The highest BCUT2D eigenvalue weighted by Gasteiger charge is 2.37. The second kappa shape index (κ2) is 5.42. The summed E-state index contributed by atoms with van der Waals surface area (Å²) in [6, 6.07) is 5.53. The van der Waals surface area contributed by atoms with Gasteiger partial charge in [0.05, 0.1) is 10.5 Å². The van der Waals surface area contributed by atoms with Crippen LogP contribution in [0.4, 0.5) is 0 Å². The second-order valence-corrected chi connectivity index (χ2v) is 8.49. The Labute approximate surface area is 125 Å². The molecule has 1 aromatic rings. The Balaban J connectivity index is 2.28. The number of sulfonamides is 1. The third-order valence-electron chi connectivity index (χ3n) is 4.09. The van der Waals surface area contributed by atoms with Crippen LogP contribution < -0.4 is 0 Å². The molecule has 5 nitrogen and oxygen atoms in total. The van der Waals surface area contributed by atoms with Crippen molar-refractivity contribution in [3.63, 3.8) is 0 Å². The lowest BCUT2D eigenvalue weighted by Crippen LogP contribution is -2.31. The first kappa shape index (κ1) is 16.0. The zero-order chi connectivity index (χ0) is 15.8. The summed E-state index contributed by atoms with van der Waals surface area (Å²) in [5.74, 6) is -0.809. The molecule has 0 amide bonds. The van der Waals surface area contributed by atoms with E-state index in [9.17, 15) is 13.2 Å². The van der Waals surface area contributed by atoms with Crippen LogP contribution in [0.5, 0.6) is 0 Å². The van der Waals surface area contributed by atoms with E-state index in [1.807, 2.05) is 0 Å². The monoisotopic (exact) mass is 311 g/mol. The van der Waals surface area contributed by atoms with Crippen LogP contribution in [-0.4, -0.2) is 36.9 Å². The third-order valence-corrected chi connectivity index (χ3v) is 5.96. The molecule has 0 radical (unpaired) electrons. The Morgan fingerprint density at radius 1 is 1.33 bits per heavy atom. The lowest BCUT2D eigenvalue weighted by molar-refractivity contribution is 0.0696. The molecule has 6 heteroatoms. The first-order chi connectivity index (χ1) is 9.62. The number of aromatic carboxylic acids is 1. The molecule has 2 rings (SSSR count). The lowest BCUT2D eigenvalue weighted by atomic mass is 9.80. The van der Waals surface area contributed by atoms with E-state index in [-0.39, 0.29) is 15.9 Å². The highest BCUT2D eigenvalue weighted by molar-refractivity contribution is 7.89. The molecule has 1 fully saturated rings. The molecule has 0 aliphatic carbocycles. The highest BCUT2D eigenvalue weighted by atomic mass is 32.2. The molecular weight excluding hydrogens is 290 g/mol. The molecule has 0 bridgehead atoms. The lowest BCUT2D eigenvalue weighted by Gasteiger charge is -2.26. The SMILES string of the molecule is CC(C)(C)C1CCN(S(=O)(=O)c2cccc(C(=O)O)c2)C1. The molecule has 0 spiro atoms. The van der Waals surface area contributed by atoms with Gasteiger partial charge in [0.15, 0.2) is 0 Å². The van der Waals surface area contributed by atoms with Crippen LogP contribution in [-0.2, 0) is 10.0 Å². The van der Waals surface area contributed by atoms with Gasteiger partial charge in [0.2, 0.25) is 10.0 Å². The van der Waals surface area contributed by atoms with Gasteiger partial charge in [-0.15, -0.1) is 0 Å². The fraction of sp³-hybridized carbons (Fsp3) is 0.533. The summed E-state index contributed by atoms with van der Waals surface area (Å²) in [5, 5.41) is 8.98.